The van der Waals surface area contributed by atoms with Crippen molar-refractivity contribution in [1.82, 2.24) is 4.90 Å². The lowest BCUT2D eigenvalue weighted by molar-refractivity contribution is -0.144. The Morgan fingerprint density at radius 2 is 1.58 bits per heavy atom. The number of hydrogen-bond donors (Lipinski definition) is 0. The Morgan fingerprint density at radius 1 is 0.972 bits per heavy atom. The minimum Gasteiger partial charge on any atom is -0.497 e. The summed E-state index contributed by atoms with van der Waals surface area (Å²) in [6, 6.07) is 22.8. The molecule has 3 aromatic rings. The van der Waals surface area contributed by atoms with E-state index in [4.69, 9.17) is 25.9 Å². The molecule has 1 saturated heterocycles. The van der Waals surface area contributed by atoms with Gasteiger partial charge in [-0.15, -0.1) is 0 Å². The van der Waals surface area contributed by atoms with Crippen molar-refractivity contribution >= 4 is 29.2 Å². The SMILES string of the molecule is COc1ccc(/C=C2\CN(C)C[C@]3(ON=C(c4ccc(Cl)cc4)[C@H]3c3ccc(OC)cc3)C2=O)cc1. The number of ketones is 1. The number of carbonyl (C=O) groups excluding carboxylic acids is 1. The van der Waals surface area contributed by atoms with Crippen LogP contribution in [0.2, 0.25) is 5.02 Å². The number of ether oxygens (including phenoxy) is 2. The molecular weight excluding hydrogens is 476 g/mol. The van der Waals surface area contributed by atoms with Gasteiger partial charge in [-0.2, -0.15) is 0 Å². The van der Waals surface area contributed by atoms with Gasteiger partial charge in [0.2, 0.25) is 11.4 Å². The first-order valence-corrected chi connectivity index (χ1v) is 12.1. The van der Waals surface area contributed by atoms with E-state index in [1.54, 1.807) is 14.2 Å². The van der Waals surface area contributed by atoms with E-state index in [-0.39, 0.29) is 5.78 Å². The molecule has 2 atom stereocenters. The van der Waals surface area contributed by atoms with Crippen molar-refractivity contribution in [3.8, 4) is 11.5 Å². The molecule has 36 heavy (non-hydrogen) atoms. The Kier molecular flexibility index (Phi) is 6.56. The lowest BCUT2D eigenvalue weighted by atomic mass is 9.71. The zero-order valence-corrected chi connectivity index (χ0v) is 21.2. The van der Waals surface area contributed by atoms with Gasteiger partial charge in [0, 0.05) is 29.2 Å². The summed E-state index contributed by atoms with van der Waals surface area (Å²) in [7, 11) is 5.25. The van der Waals surface area contributed by atoms with Gasteiger partial charge in [-0.25, -0.2) is 0 Å². The first kappa shape index (κ1) is 24.1. The molecule has 6 nitrogen and oxygen atoms in total. The summed E-state index contributed by atoms with van der Waals surface area (Å²) in [6.45, 7) is 0.921. The number of nitrogens with zero attached hydrogens (tertiary/aromatic N) is 2. The summed E-state index contributed by atoms with van der Waals surface area (Å²) in [6.07, 6.45) is 1.92. The molecule has 1 fully saturated rings. The fraction of sp³-hybridized carbons (Fsp3) is 0.241. The number of likely N-dealkylation sites (tertiary alicyclic amines) is 1. The highest BCUT2D eigenvalue weighted by atomic mass is 35.5. The van der Waals surface area contributed by atoms with Gasteiger partial charge in [-0.05, 0) is 60.6 Å². The highest BCUT2D eigenvalue weighted by Crippen LogP contribution is 2.45. The molecule has 2 aliphatic rings. The molecule has 7 heteroatoms. The lowest BCUT2D eigenvalue weighted by Crippen LogP contribution is -2.58. The van der Waals surface area contributed by atoms with E-state index in [1.807, 2.05) is 85.9 Å². The molecule has 3 aromatic carbocycles. The quantitative estimate of drug-likeness (QED) is 0.448. The molecule has 0 bridgehead atoms. The number of likely N-dealkylation sites (N-methyl/N-ethyl adjacent to an activating group) is 1. The molecular formula is C29H27ClN2O4. The smallest absolute Gasteiger partial charge is 0.224 e. The Morgan fingerprint density at radius 3 is 2.19 bits per heavy atom. The summed E-state index contributed by atoms with van der Waals surface area (Å²) in [5.74, 6) is 1.02. The third-order valence-corrected chi connectivity index (χ3v) is 6.97. The summed E-state index contributed by atoms with van der Waals surface area (Å²) in [5.41, 5.74) is 2.87. The van der Waals surface area contributed by atoms with Gasteiger partial charge >= 0.3 is 0 Å². The predicted molar refractivity (Wildman–Crippen MR) is 141 cm³/mol. The van der Waals surface area contributed by atoms with Crippen molar-refractivity contribution in [2.45, 2.75) is 11.5 Å². The third-order valence-electron chi connectivity index (χ3n) is 6.71. The minimum atomic E-state index is -1.20. The van der Waals surface area contributed by atoms with Gasteiger partial charge in [0.25, 0.3) is 0 Å². The van der Waals surface area contributed by atoms with Crippen LogP contribution in [0.1, 0.15) is 22.6 Å². The van der Waals surface area contributed by atoms with Gasteiger partial charge in [0.15, 0.2) is 0 Å². The Bertz CT molecular complexity index is 1320. The number of rotatable bonds is 5. The van der Waals surface area contributed by atoms with E-state index in [0.717, 1.165) is 28.2 Å². The summed E-state index contributed by atoms with van der Waals surface area (Å²) >= 11 is 6.14. The second-order valence-corrected chi connectivity index (χ2v) is 9.55. The first-order valence-electron chi connectivity index (χ1n) is 11.7. The molecule has 2 heterocycles. The normalized spacial score (nSPS) is 23.0. The standard InChI is InChI=1S/C29H27ClN2O4/c1-32-17-22(16-19-4-12-24(34-2)13-5-19)28(33)29(18-32)26(20-8-14-25(35-3)15-9-20)27(31-36-29)21-6-10-23(30)11-7-21/h4-16,26H,17-18H2,1-3H3/b22-16+/t26-,29-/m1/s1. The number of piperidine rings is 1. The van der Waals surface area contributed by atoms with Crippen LogP contribution in [0.4, 0.5) is 0 Å². The number of hydrogen-bond acceptors (Lipinski definition) is 6. The highest BCUT2D eigenvalue weighted by Gasteiger charge is 2.58. The lowest BCUT2D eigenvalue weighted by Gasteiger charge is -2.40. The number of Topliss-reactive ketones (excluding diaryl/α,β-unsaturated/α-hetero) is 1. The van der Waals surface area contributed by atoms with Crippen LogP contribution in [0.5, 0.6) is 11.5 Å². The van der Waals surface area contributed by atoms with Crippen LogP contribution in [0.15, 0.2) is 83.5 Å². The predicted octanol–water partition coefficient (Wildman–Crippen LogP) is 5.21. The van der Waals surface area contributed by atoms with E-state index in [0.29, 0.717) is 29.4 Å². The number of oxime groups is 1. The molecule has 5 rings (SSSR count). The molecule has 0 amide bonds. The topological polar surface area (TPSA) is 60.4 Å². The van der Waals surface area contributed by atoms with Crippen LogP contribution < -0.4 is 9.47 Å². The molecule has 0 aromatic heterocycles. The second kappa shape index (κ2) is 9.80. The van der Waals surface area contributed by atoms with Crippen LogP contribution >= 0.6 is 11.6 Å². The molecule has 0 aliphatic carbocycles. The van der Waals surface area contributed by atoms with E-state index >= 15 is 0 Å². The number of halogens is 1. The Balaban J connectivity index is 1.59. The van der Waals surface area contributed by atoms with Crippen molar-refractivity contribution in [3.63, 3.8) is 0 Å². The zero-order chi connectivity index (χ0) is 25.3. The average molecular weight is 503 g/mol. The van der Waals surface area contributed by atoms with Crippen LogP contribution in [-0.4, -0.2) is 56.4 Å². The maximum absolute atomic E-state index is 14.2. The molecule has 1 spiro atoms. The first-order chi connectivity index (χ1) is 17.4. The monoisotopic (exact) mass is 502 g/mol. The third kappa shape index (κ3) is 4.38. The summed E-state index contributed by atoms with van der Waals surface area (Å²) in [4.78, 5) is 22.5. The maximum Gasteiger partial charge on any atom is 0.224 e. The maximum atomic E-state index is 14.2. The largest absolute Gasteiger partial charge is 0.497 e. The molecule has 2 aliphatic heterocycles. The molecule has 0 radical (unpaired) electrons. The second-order valence-electron chi connectivity index (χ2n) is 9.11. The van der Waals surface area contributed by atoms with Gasteiger partial charge in [-0.3, -0.25) is 9.69 Å². The van der Waals surface area contributed by atoms with Gasteiger partial charge in [0.1, 0.15) is 11.5 Å². The number of carbonyl (C=O) groups is 1. The fourth-order valence-electron chi connectivity index (χ4n) is 4.99. The van der Waals surface area contributed by atoms with E-state index in [1.165, 1.54) is 0 Å². The van der Waals surface area contributed by atoms with Gasteiger partial charge in [-0.1, -0.05) is 53.2 Å². The minimum absolute atomic E-state index is 0.0649. The molecule has 0 unspecified atom stereocenters. The van der Waals surface area contributed by atoms with Crippen LogP contribution in [-0.2, 0) is 9.63 Å². The summed E-state index contributed by atoms with van der Waals surface area (Å²) in [5, 5.41) is 5.14. The van der Waals surface area contributed by atoms with Crippen LogP contribution in [0, 0.1) is 0 Å². The number of benzene rings is 3. The van der Waals surface area contributed by atoms with Crippen LogP contribution in [0.25, 0.3) is 6.08 Å². The highest BCUT2D eigenvalue weighted by molar-refractivity contribution is 6.30. The van der Waals surface area contributed by atoms with E-state index in [9.17, 15) is 4.79 Å². The zero-order valence-electron chi connectivity index (χ0n) is 20.4. The molecule has 184 valence electrons. The van der Waals surface area contributed by atoms with Gasteiger partial charge < -0.3 is 14.3 Å². The van der Waals surface area contributed by atoms with Crippen molar-refractivity contribution in [2.24, 2.45) is 5.16 Å². The van der Waals surface area contributed by atoms with Crippen molar-refractivity contribution < 1.29 is 19.1 Å². The Hall–Kier alpha value is -3.61. The number of methoxy groups -OCH3 is 2. The summed E-state index contributed by atoms with van der Waals surface area (Å²) < 4.78 is 10.6. The fourth-order valence-corrected chi connectivity index (χ4v) is 5.11. The average Bonchev–Trinajstić information content (AvgIpc) is 3.27. The molecule has 0 saturated carbocycles. The van der Waals surface area contributed by atoms with Crippen molar-refractivity contribution in [1.29, 1.82) is 0 Å². The van der Waals surface area contributed by atoms with Crippen LogP contribution in [0.3, 0.4) is 0 Å². The van der Waals surface area contributed by atoms with Crippen molar-refractivity contribution in [2.75, 3.05) is 34.4 Å². The van der Waals surface area contributed by atoms with Crippen molar-refractivity contribution in [3.05, 3.63) is 100 Å². The van der Waals surface area contributed by atoms with Gasteiger partial charge in [0.05, 0.1) is 25.8 Å². The van der Waals surface area contributed by atoms with E-state index in [2.05, 4.69) is 10.1 Å². The molecule has 0 N–H and O–H groups in total. The van der Waals surface area contributed by atoms with E-state index < -0.39 is 11.5 Å². The Labute approximate surface area is 215 Å².